The standard InChI is InChI=1S/C21H23N3O4S3/c1-14-19(21(25)24-9-4-3-5-10-24)30-20(22-14)15-11-18(29-13-15)31(26,27)23-16-7-6-8-17(12-16)28-2/h6-8,11-13,23H,3-5,9-10H2,1-2H3. The number of aryl methyl sites for hydroxylation is 1. The van der Waals surface area contributed by atoms with Crippen LogP contribution in [0.15, 0.2) is 39.9 Å². The van der Waals surface area contributed by atoms with E-state index in [1.807, 2.05) is 11.8 Å². The monoisotopic (exact) mass is 477 g/mol. The molecular weight excluding hydrogens is 454 g/mol. The number of piperidine rings is 1. The van der Waals surface area contributed by atoms with Crippen molar-refractivity contribution in [3.8, 4) is 16.3 Å². The molecule has 1 aliphatic rings. The molecule has 1 fully saturated rings. The molecule has 1 amide bonds. The number of nitrogens with zero attached hydrogens (tertiary/aromatic N) is 2. The number of carbonyl (C=O) groups is 1. The van der Waals surface area contributed by atoms with Gasteiger partial charge in [-0.05, 0) is 44.4 Å². The number of thiophene rings is 1. The molecule has 0 aliphatic carbocycles. The summed E-state index contributed by atoms with van der Waals surface area (Å²) in [7, 11) is -2.22. The molecule has 0 atom stereocenters. The van der Waals surface area contributed by atoms with Gasteiger partial charge in [0, 0.05) is 30.1 Å². The van der Waals surface area contributed by atoms with Crippen LogP contribution in [-0.2, 0) is 10.0 Å². The predicted molar refractivity (Wildman–Crippen MR) is 124 cm³/mol. The van der Waals surface area contributed by atoms with Gasteiger partial charge in [-0.15, -0.1) is 22.7 Å². The molecule has 0 bridgehead atoms. The number of hydrogen-bond acceptors (Lipinski definition) is 7. The Labute approximate surface area is 189 Å². The summed E-state index contributed by atoms with van der Waals surface area (Å²) < 4.78 is 33.5. The Kier molecular flexibility index (Phi) is 6.31. The predicted octanol–water partition coefficient (Wildman–Crippen LogP) is 4.62. The fourth-order valence-electron chi connectivity index (χ4n) is 3.42. The maximum atomic E-state index is 12.9. The Morgan fingerprint density at radius 2 is 1.97 bits per heavy atom. The van der Waals surface area contributed by atoms with Gasteiger partial charge in [0.25, 0.3) is 15.9 Å². The summed E-state index contributed by atoms with van der Waals surface area (Å²) >= 11 is 2.44. The van der Waals surface area contributed by atoms with Gasteiger partial charge in [-0.3, -0.25) is 9.52 Å². The third-order valence-corrected chi connectivity index (χ3v) is 9.06. The summed E-state index contributed by atoms with van der Waals surface area (Å²) in [5.41, 5.74) is 1.80. The average Bonchev–Trinajstić information content (AvgIpc) is 3.41. The van der Waals surface area contributed by atoms with Crippen molar-refractivity contribution in [3.63, 3.8) is 0 Å². The summed E-state index contributed by atoms with van der Waals surface area (Å²) in [4.78, 5) is 19.9. The van der Waals surface area contributed by atoms with E-state index >= 15 is 0 Å². The molecule has 7 nitrogen and oxygen atoms in total. The van der Waals surface area contributed by atoms with E-state index < -0.39 is 10.0 Å². The molecule has 164 valence electrons. The van der Waals surface area contributed by atoms with Crippen molar-refractivity contribution in [3.05, 3.63) is 46.3 Å². The molecule has 10 heteroatoms. The zero-order valence-electron chi connectivity index (χ0n) is 17.3. The van der Waals surface area contributed by atoms with Crippen molar-refractivity contribution in [1.82, 2.24) is 9.88 Å². The summed E-state index contributed by atoms with van der Waals surface area (Å²) in [6, 6.07) is 8.34. The Hall–Kier alpha value is -2.43. The van der Waals surface area contributed by atoms with Crippen molar-refractivity contribution >= 4 is 44.3 Å². The molecule has 0 unspecified atom stereocenters. The maximum Gasteiger partial charge on any atom is 0.271 e. The number of ether oxygens (including phenoxy) is 1. The first-order valence-electron chi connectivity index (χ1n) is 9.90. The number of hydrogen-bond donors (Lipinski definition) is 1. The minimum absolute atomic E-state index is 0.0173. The number of rotatable bonds is 6. The highest BCUT2D eigenvalue weighted by Crippen LogP contribution is 2.34. The van der Waals surface area contributed by atoms with Crippen LogP contribution >= 0.6 is 22.7 Å². The van der Waals surface area contributed by atoms with Gasteiger partial charge in [-0.1, -0.05) is 6.07 Å². The highest BCUT2D eigenvalue weighted by Gasteiger charge is 2.24. The summed E-state index contributed by atoms with van der Waals surface area (Å²) in [5.74, 6) is 0.583. The second kappa shape index (κ2) is 8.97. The first-order valence-corrected chi connectivity index (χ1v) is 13.1. The number of thiazole rings is 1. The number of carbonyl (C=O) groups excluding carboxylic acids is 1. The maximum absolute atomic E-state index is 12.9. The second-order valence-corrected chi connectivity index (χ2v) is 11.1. The highest BCUT2D eigenvalue weighted by molar-refractivity contribution is 7.94. The third kappa shape index (κ3) is 4.76. The van der Waals surface area contributed by atoms with Gasteiger partial charge in [0.1, 0.15) is 19.8 Å². The Bertz CT molecular complexity index is 1190. The quantitative estimate of drug-likeness (QED) is 0.560. The van der Waals surface area contributed by atoms with E-state index in [4.69, 9.17) is 4.74 Å². The first kappa shape index (κ1) is 21.8. The van der Waals surface area contributed by atoms with Gasteiger partial charge >= 0.3 is 0 Å². The van der Waals surface area contributed by atoms with Crippen LogP contribution in [0.4, 0.5) is 5.69 Å². The lowest BCUT2D eigenvalue weighted by Crippen LogP contribution is -2.35. The van der Waals surface area contributed by atoms with Crippen LogP contribution in [0, 0.1) is 6.92 Å². The number of anilines is 1. The number of methoxy groups -OCH3 is 1. The molecule has 31 heavy (non-hydrogen) atoms. The summed E-state index contributed by atoms with van der Waals surface area (Å²) in [6.45, 7) is 3.39. The van der Waals surface area contributed by atoms with Crippen molar-refractivity contribution in [2.45, 2.75) is 30.4 Å². The van der Waals surface area contributed by atoms with E-state index in [1.54, 1.807) is 35.7 Å². The van der Waals surface area contributed by atoms with Crippen molar-refractivity contribution in [2.24, 2.45) is 0 Å². The van der Waals surface area contributed by atoms with Crippen molar-refractivity contribution < 1.29 is 17.9 Å². The van der Waals surface area contributed by atoms with Crippen molar-refractivity contribution in [2.75, 3.05) is 24.9 Å². The summed E-state index contributed by atoms with van der Waals surface area (Å²) in [6.07, 6.45) is 3.22. The van der Waals surface area contributed by atoms with Gasteiger partial charge < -0.3 is 9.64 Å². The lowest BCUT2D eigenvalue weighted by molar-refractivity contribution is 0.0728. The van der Waals surface area contributed by atoms with Gasteiger partial charge in [0.2, 0.25) is 0 Å². The number of nitrogens with one attached hydrogen (secondary N) is 1. The Balaban J connectivity index is 1.55. The Morgan fingerprint density at radius 3 is 2.71 bits per heavy atom. The van der Waals surface area contributed by atoms with Crippen LogP contribution < -0.4 is 9.46 Å². The normalized spacial score (nSPS) is 14.5. The Morgan fingerprint density at radius 1 is 1.19 bits per heavy atom. The molecular formula is C21H23N3O4S3. The molecule has 2 aromatic heterocycles. The number of aromatic nitrogens is 1. The van der Waals surface area contributed by atoms with Crippen molar-refractivity contribution in [1.29, 1.82) is 0 Å². The third-order valence-electron chi connectivity index (χ3n) is 5.04. The molecule has 4 rings (SSSR count). The van der Waals surface area contributed by atoms with E-state index in [9.17, 15) is 13.2 Å². The number of sulfonamides is 1. The molecule has 1 N–H and O–H groups in total. The molecule has 1 aliphatic heterocycles. The minimum Gasteiger partial charge on any atom is -0.497 e. The van der Waals surface area contributed by atoms with Crippen LogP contribution in [0.1, 0.15) is 34.6 Å². The van der Waals surface area contributed by atoms with E-state index in [1.165, 1.54) is 18.4 Å². The van der Waals surface area contributed by atoms with Gasteiger partial charge in [-0.2, -0.15) is 0 Å². The van der Waals surface area contributed by atoms with E-state index in [2.05, 4.69) is 9.71 Å². The molecule has 0 spiro atoms. The lowest BCUT2D eigenvalue weighted by atomic mass is 10.1. The molecule has 3 heterocycles. The molecule has 1 aromatic carbocycles. The number of amides is 1. The fraction of sp³-hybridized carbons (Fsp3) is 0.333. The van der Waals surface area contributed by atoms with Crippen LogP contribution in [-0.4, -0.2) is 44.4 Å². The SMILES string of the molecule is COc1cccc(NS(=O)(=O)c2cc(-c3nc(C)c(C(=O)N4CCCCC4)s3)cs2)c1. The number of likely N-dealkylation sites (tertiary alicyclic amines) is 1. The average molecular weight is 478 g/mol. The first-order chi connectivity index (χ1) is 14.9. The van der Waals surface area contributed by atoms with Crippen LogP contribution in [0.2, 0.25) is 0 Å². The smallest absolute Gasteiger partial charge is 0.271 e. The van der Waals surface area contributed by atoms with E-state index in [0.717, 1.165) is 43.7 Å². The minimum atomic E-state index is -3.75. The zero-order chi connectivity index (χ0) is 22.0. The topological polar surface area (TPSA) is 88.6 Å². The highest BCUT2D eigenvalue weighted by atomic mass is 32.2. The van der Waals surface area contributed by atoms with Crippen LogP contribution in [0.25, 0.3) is 10.6 Å². The second-order valence-electron chi connectivity index (χ2n) is 7.28. The zero-order valence-corrected chi connectivity index (χ0v) is 19.7. The molecule has 3 aromatic rings. The van der Waals surface area contributed by atoms with Gasteiger partial charge in [0.15, 0.2) is 0 Å². The molecule has 0 saturated carbocycles. The summed E-state index contributed by atoms with van der Waals surface area (Å²) in [5, 5.41) is 2.41. The largest absolute Gasteiger partial charge is 0.497 e. The van der Waals surface area contributed by atoms with Crippen LogP contribution in [0.3, 0.4) is 0 Å². The van der Waals surface area contributed by atoms with Crippen LogP contribution in [0.5, 0.6) is 5.75 Å². The van der Waals surface area contributed by atoms with E-state index in [0.29, 0.717) is 32.6 Å². The van der Waals surface area contributed by atoms with Gasteiger partial charge in [0.05, 0.1) is 18.5 Å². The van der Waals surface area contributed by atoms with E-state index in [-0.39, 0.29) is 10.1 Å². The van der Waals surface area contributed by atoms with Gasteiger partial charge in [-0.25, -0.2) is 13.4 Å². The number of benzene rings is 1. The fourth-order valence-corrected chi connectivity index (χ4v) is 6.73. The molecule has 1 saturated heterocycles. The lowest BCUT2D eigenvalue weighted by Gasteiger charge is -2.26. The molecule has 0 radical (unpaired) electrons.